The minimum atomic E-state index is 0.450. The predicted molar refractivity (Wildman–Crippen MR) is 122 cm³/mol. The zero-order valence-electron chi connectivity index (χ0n) is 17.0. The van der Waals surface area contributed by atoms with E-state index >= 15 is 0 Å². The van der Waals surface area contributed by atoms with Crippen LogP contribution in [0.5, 0.6) is 0 Å². The fraction of sp³-hybridized carbons (Fsp3) is 0.148. The van der Waals surface area contributed by atoms with Crippen LogP contribution in [-0.2, 0) is 0 Å². The number of hydrogen-bond acceptors (Lipinski definition) is 2. The summed E-state index contributed by atoms with van der Waals surface area (Å²) in [5.41, 5.74) is 11.3. The number of aryl methyl sites for hydroxylation is 1. The number of hydrogen-bond donors (Lipinski definition) is 0. The highest BCUT2D eigenvalue weighted by atomic mass is 15.5. The van der Waals surface area contributed by atoms with Crippen LogP contribution < -0.4 is 0 Å². The second-order valence-corrected chi connectivity index (χ2v) is 7.78. The first-order valence-electron chi connectivity index (χ1n) is 10.4. The van der Waals surface area contributed by atoms with Gasteiger partial charge < -0.3 is 0 Å². The Labute approximate surface area is 177 Å². The maximum Gasteiger partial charge on any atom is 0.113 e. The number of benzene rings is 3. The topological polar surface area (TPSA) is 30.7 Å². The molecule has 0 atom stereocenters. The second kappa shape index (κ2) is 7.98. The fourth-order valence-corrected chi connectivity index (χ4v) is 3.56. The lowest BCUT2D eigenvalue weighted by Gasteiger charge is -2.08. The predicted octanol–water partition coefficient (Wildman–Crippen LogP) is 6.24. The highest BCUT2D eigenvalue weighted by Crippen LogP contribution is 2.39. The fourth-order valence-electron chi connectivity index (χ4n) is 3.56. The van der Waals surface area contributed by atoms with E-state index in [-0.39, 0.29) is 0 Å². The molecule has 146 valence electrons. The smallest absolute Gasteiger partial charge is 0.113 e. The molecule has 1 aliphatic rings. The van der Waals surface area contributed by atoms with Crippen molar-refractivity contribution in [2.24, 2.45) is 5.92 Å². The highest BCUT2D eigenvalue weighted by molar-refractivity contribution is 5.82. The Bertz CT molecular complexity index is 1170. The molecule has 3 nitrogen and oxygen atoms in total. The van der Waals surface area contributed by atoms with Gasteiger partial charge in [-0.15, -0.1) is 9.90 Å². The summed E-state index contributed by atoms with van der Waals surface area (Å²) in [6.07, 6.45) is 4.15. The van der Waals surface area contributed by atoms with Gasteiger partial charge in [-0.2, -0.15) is 5.10 Å². The molecule has 3 heteroatoms. The van der Waals surface area contributed by atoms with Gasteiger partial charge in [0, 0.05) is 17.1 Å². The Balaban J connectivity index is 1.65. The first kappa shape index (κ1) is 18.4. The van der Waals surface area contributed by atoms with Crippen LogP contribution in [0.4, 0.5) is 0 Å². The molecule has 0 aliphatic heterocycles. The van der Waals surface area contributed by atoms with E-state index < -0.39 is 0 Å². The van der Waals surface area contributed by atoms with Gasteiger partial charge in [-0.05, 0) is 30.9 Å². The molecule has 0 radical (unpaired) electrons. The van der Waals surface area contributed by atoms with E-state index in [0.717, 1.165) is 46.5 Å². The zero-order chi connectivity index (χ0) is 20.3. The van der Waals surface area contributed by atoms with Crippen molar-refractivity contribution in [3.63, 3.8) is 0 Å². The van der Waals surface area contributed by atoms with Crippen LogP contribution in [0.2, 0.25) is 0 Å². The van der Waals surface area contributed by atoms with Gasteiger partial charge in [0.15, 0.2) is 0 Å². The van der Waals surface area contributed by atoms with Gasteiger partial charge in [0.25, 0.3) is 0 Å². The Morgan fingerprint density at radius 1 is 0.833 bits per heavy atom. The van der Waals surface area contributed by atoms with Crippen LogP contribution in [0, 0.1) is 12.8 Å². The van der Waals surface area contributed by atoms with Crippen molar-refractivity contribution >= 4 is 11.3 Å². The van der Waals surface area contributed by atoms with E-state index in [4.69, 9.17) is 5.10 Å². The summed E-state index contributed by atoms with van der Waals surface area (Å²) in [5.74, 6) is 0.450. The van der Waals surface area contributed by atoms with Crippen molar-refractivity contribution in [1.29, 1.82) is 0 Å². The third kappa shape index (κ3) is 3.89. The molecule has 0 N–H and O–H groups in total. The van der Waals surface area contributed by atoms with Crippen molar-refractivity contribution < 1.29 is 0 Å². The Morgan fingerprint density at radius 3 is 2.00 bits per heavy atom. The summed E-state index contributed by atoms with van der Waals surface area (Å²) in [4.78, 5) is 1.78. The lowest BCUT2D eigenvalue weighted by atomic mass is 9.98. The normalized spacial score (nSPS) is 13.0. The lowest BCUT2D eigenvalue weighted by molar-refractivity contribution is 0.735. The molecule has 0 spiro atoms. The molecule has 1 saturated carbocycles. The molecule has 1 fully saturated rings. The summed E-state index contributed by atoms with van der Waals surface area (Å²) >= 11 is 0. The van der Waals surface area contributed by atoms with Crippen LogP contribution >= 0.6 is 0 Å². The van der Waals surface area contributed by atoms with E-state index in [0.29, 0.717) is 5.92 Å². The van der Waals surface area contributed by atoms with E-state index in [9.17, 15) is 0 Å². The minimum absolute atomic E-state index is 0.450. The number of nitrogens with zero attached hydrogens (tertiary/aromatic N) is 3. The molecule has 1 heterocycles. The summed E-state index contributed by atoms with van der Waals surface area (Å²) in [5, 5.41) is 9.41. The molecule has 0 bridgehead atoms. The van der Waals surface area contributed by atoms with Gasteiger partial charge in [0.1, 0.15) is 11.4 Å². The third-order valence-electron chi connectivity index (χ3n) is 5.40. The van der Waals surface area contributed by atoms with Gasteiger partial charge in [-0.3, -0.25) is 0 Å². The van der Waals surface area contributed by atoms with Gasteiger partial charge >= 0.3 is 0 Å². The average Bonchev–Trinajstić information content (AvgIpc) is 3.52. The van der Waals surface area contributed by atoms with Crippen LogP contribution in [0.25, 0.3) is 22.5 Å². The third-order valence-corrected chi connectivity index (χ3v) is 5.40. The number of rotatable bonds is 5. The van der Waals surface area contributed by atoms with Gasteiger partial charge in [0.05, 0.1) is 6.20 Å². The first-order valence-corrected chi connectivity index (χ1v) is 10.4. The largest absolute Gasteiger partial charge is 0.156 e. The maximum atomic E-state index is 4.80. The van der Waals surface area contributed by atoms with Crippen molar-refractivity contribution in [2.75, 3.05) is 0 Å². The molecule has 5 rings (SSSR count). The van der Waals surface area contributed by atoms with E-state index in [1.165, 1.54) is 5.56 Å². The molecule has 3 aromatic carbocycles. The monoisotopic (exact) mass is 389 g/mol. The molecule has 30 heavy (non-hydrogen) atoms. The van der Waals surface area contributed by atoms with Crippen LogP contribution in [0.15, 0.2) is 96.9 Å². The van der Waals surface area contributed by atoms with Crippen LogP contribution in [0.1, 0.15) is 29.5 Å². The van der Waals surface area contributed by atoms with Crippen LogP contribution in [-0.4, -0.2) is 15.0 Å². The second-order valence-electron chi connectivity index (χ2n) is 7.78. The average molecular weight is 390 g/mol. The molecule has 1 aliphatic carbocycles. The number of aromatic nitrogens is 3. The summed E-state index contributed by atoms with van der Waals surface area (Å²) in [6, 6.07) is 29.3. The van der Waals surface area contributed by atoms with Crippen molar-refractivity contribution in [3.8, 4) is 11.3 Å². The van der Waals surface area contributed by atoms with Crippen molar-refractivity contribution in [2.45, 2.75) is 19.8 Å². The van der Waals surface area contributed by atoms with Crippen molar-refractivity contribution in [3.05, 3.63) is 114 Å². The molecule has 4 aromatic rings. The zero-order valence-corrected chi connectivity index (χ0v) is 17.0. The molecular weight excluding hydrogens is 366 g/mol. The molecule has 0 amide bonds. The van der Waals surface area contributed by atoms with E-state index in [2.05, 4.69) is 90.6 Å². The molecule has 1 aromatic heterocycles. The molecule has 0 unspecified atom stereocenters. The SMILES string of the molecule is Cc1ccc(-c2cnn(C(=C=C(c3ccccc3)c3ccccc3)C3CC3)n2)cc1. The number of allylic oxidation sites excluding steroid dienone is 1. The Hall–Kier alpha value is -3.68. The molecule has 0 saturated heterocycles. The van der Waals surface area contributed by atoms with Crippen molar-refractivity contribution in [1.82, 2.24) is 15.0 Å². The highest BCUT2D eigenvalue weighted by Gasteiger charge is 2.29. The Morgan fingerprint density at radius 2 is 1.43 bits per heavy atom. The maximum absolute atomic E-state index is 4.80. The first-order chi connectivity index (χ1) is 14.8. The van der Waals surface area contributed by atoms with E-state index in [1.807, 2.05) is 18.3 Å². The Kier molecular flexibility index (Phi) is 4.88. The summed E-state index contributed by atoms with van der Waals surface area (Å²) < 4.78 is 0. The standard InChI is InChI=1S/C27H23N3/c1-20-12-14-23(15-13-20)26-19-28-30(29-26)27(24-16-17-24)18-25(21-8-4-2-5-9-21)22-10-6-3-7-11-22/h2-15,19,24H,16-17H2,1H3. The lowest BCUT2D eigenvalue weighted by Crippen LogP contribution is -2.03. The van der Waals surface area contributed by atoms with Crippen LogP contribution in [0.3, 0.4) is 0 Å². The van der Waals surface area contributed by atoms with Gasteiger partial charge in [-0.25, -0.2) is 0 Å². The van der Waals surface area contributed by atoms with E-state index in [1.54, 1.807) is 4.80 Å². The summed E-state index contributed by atoms with van der Waals surface area (Å²) in [6.45, 7) is 2.09. The van der Waals surface area contributed by atoms with Gasteiger partial charge in [0.2, 0.25) is 0 Å². The minimum Gasteiger partial charge on any atom is -0.156 e. The molecular formula is C27H23N3. The quantitative estimate of drug-likeness (QED) is 0.379. The van der Waals surface area contributed by atoms with Gasteiger partial charge in [-0.1, -0.05) is 96.2 Å². The summed E-state index contributed by atoms with van der Waals surface area (Å²) in [7, 11) is 0.